The van der Waals surface area contributed by atoms with E-state index in [9.17, 15) is 4.79 Å². The molecule has 0 aliphatic carbocycles. The lowest BCUT2D eigenvalue weighted by Crippen LogP contribution is -2.41. The van der Waals surface area contributed by atoms with Crippen LogP contribution in [-0.4, -0.2) is 54.7 Å². The smallest absolute Gasteiger partial charge is 0.275 e. The van der Waals surface area contributed by atoms with Gasteiger partial charge in [-0.2, -0.15) is 0 Å². The Balaban J connectivity index is 1.77. The molecule has 0 bridgehead atoms. The standard InChI is InChI=1S/C13H16N6O5/c1-13(2)23-6-7(11(20)18-21)22-12(8(6)24-13)19-4-17-5-9(14)15-3-16-10(5)19/h3-4,6-8,12,21H,1-2H3,(H,18,20)(H2,14,15,16)/t6-,7+,8+,12-/m1/s1. The van der Waals surface area contributed by atoms with Crippen LogP contribution in [0.15, 0.2) is 12.7 Å². The minimum Gasteiger partial charge on any atom is -0.382 e. The number of rotatable bonds is 2. The van der Waals surface area contributed by atoms with E-state index in [2.05, 4.69) is 15.0 Å². The molecular formula is C13H16N6O5. The first-order valence-corrected chi connectivity index (χ1v) is 7.29. The zero-order valence-electron chi connectivity index (χ0n) is 12.9. The van der Waals surface area contributed by atoms with E-state index in [1.165, 1.54) is 12.7 Å². The largest absolute Gasteiger partial charge is 0.382 e. The molecule has 0 aromatic carbocycles. The normalized spacial score (nSPS) is 31.3. The molecule has 4 atom stereocenters. The van der Waals surface area contributed by atoms with Crippen LogP contribution in [0.4, 0.5) is 5.82 Å². The SMILES string of the molecule is CC1(C)O[C@H]2[C@H](O1)[C@H](n1cnc3c(N)ncnc31)O[C@@H]2C(=O)NO. The van der Waals surface area contributed by atoms with Crippen molar-refractivity contribution in [1.82, 2.24) is 25.0 Å². The monoisotopic (exact) mass is 336 g/mol. The summed E-state index contributed by atoms with van der Waals surface area (Å²) in [5.74, 6) is -1.37. The van der Waals surface area contributed by atoms with Crippen LogP contribution in [-0.2, 0) is 19.0 Å². The number of imidazole rings is 1. The summed E-state index contributed by atoms with van der Waals surface area (Å²) in [7, 11) is 0. The predicted molar refractivity (Wildman–Crippen MR) is 77.4 cm³/mol. The Morgan fingerprint density at radius 1 is 1.33 bits per heavy atom. The highest BCUT2D eigenvalue weighted by Gasteiger charge is 2.58. The maximum atomic E-state index is 11.9. The molecule has 2 aromatic rings. The second-order valence-electron chi connectivity index (χ2n) is 6.07. The third kappa shape index (κ3) is 2.13. The van der Waals surface area contributed by atoms with Crippen molar-refractivity contribution in [1.29, 1.82) is 0 Å². The van der Waals surface area contributed by atoms with Gasteiger partial charge in [-0.05, 0) is 13.8 Å². The van der Waals surface area contributed by atoms with Crippen LogP contribution in [0.25, 0.3) is 11.2 Å². The van der Waals surface area contributed by atoms with Gasteiger partial charge in [-0.3, -0.25) is 14.6 Å². The molecule has 2 aliphatic rings. The van der Waals surface area contributed by atoms with Gasteiger partial charge in [0.15, 0.2) is 29.6 Å². The van der Waals surface area contributed by atoms with Gasteiger partial charge in [-0.15, -0.1) is 0 Å². The average molecular weight is 336 g/mol. The van der Waals surface area contributed by atoms with Crippen molar-refractivity contribution in [3.63, 3.8) is 0 Å². The second-order valence-corrected chi connectivity index (χ2v) is 6.07. The summed E-state index contributed by atoms with van der Waals surface area (Å²) >= 11 is 0. The molecular weight excluding hydrogens is 320 g/mol. The molecule has 4 N–H and O–H groups in total. The molecule has 24 heavy (non-hydrogen) atoms. The highest BCUT2D eigenvalue weighted by Crippen LogP contribution is 2.43. The first-order chi connectivity index (χ1) is 11.4. The van der Waals surface area contributed by atoms with Gasteiger partial charge in [-0.25, -0.2) is 20.4 Å². The molecule has 11 heteroatoms. The first kappa shape index (κ1) is 15.2. The van der Waals surface area contributed by atoms with Crippen LogP contribution in [0.5, 0.6) is 0 Å². The molecule has 2 aromatic heterocycles. The molecule has 0 spiro atoms. The van der Waals surface area contributed by atoms with E-state index in [-0.39, 0.29) is 5.82 Å². The number of hydrogen-bond donors (Lipinski definition) is 3. The lowest BCUT2D eigenvalue weighted by Gasteiger charge is -2.24. The van der Waals surface area contributed by atoms with E-state index in [0.717, 1.165) is 0 Å². The number of amides is 1. The van der Waals surface area contributed by atoms with E-state index in [0.29, 0.717) is 11.2 Å². The van der Waals surface area contributed by atoms with Crippen LogP contribution in [0.2, 0.25) is 0 Å². The summed E-state index contributed by atoms with van der Waals surface area (Å²) in [5.41, 5.74) is 8.25. The zero-order chi connectivity index (χ0) is 17.1. The molecule has 4 rings (SSSR count). The maximum Gasteiger partial charge on any atom is 0.275 e. The predicted octanol–water partition coefficient (Wildman–Crippen LogP) is -0.669. The first-order valence-electron chi connectivity index (χ1n) is 7.29. The van der Waals surface area contributed by atoms with Gasteiger partial charge in [-0.1, -0.05) is 0 Å². The van der Waals surface area contributed by atoms with Crippen molar-refractivity contribution in [2.75, 3.05) is 5.73 Å². The summed E-state index contributed by atoms with van der Waals surface area (Å²) in [4.78, 5) is 24.2. The Morgan fingerprint density at radius 2 is 2.08 bits per heavy atom. The fourth-order valence-electron chi connectivity index (χ4n) is 3.13. The minimum absolute atomic E-state index is 0.238. The van der Waals surface area contributed by atoms with Gasteiger partial charge in [0.05, 0.1) is 6.33 Å². The molecule has 4 heterocycles. The van der Waals surface area contributed by atoms with Crippen molar-refractivity contribution in [3.05, 3.63) is 12.7 Å². The molecule has 2 aliphatic heterocycles. The van der Waals surface area contributed by atoms with E-state index in [4.69, 9.17) is 25.2 Å². The Labute approximate surface area is 135 Å². The van der Waals surface area contributed by atoms with Gasteiger partial charge in [0.2, 0.25) is 0 Å². The van der Waals surface area contributed by atoms with E-state index in [1.807, 2.05) is 0 Å². The van der Waals surface area contributed by atoms with Crippen molar-refractivity contribution < 1.29 is 24.2 Å². The number of nitrogens with zero attached hydrogens (tertiary/aromatic N) is 4. The van der Waals surface area contributed by atoms with Gasteiger partial charge >= 0.3 is 0 Å². The quantitative estimate of drug-likeness (QED) is 0.480. The highest BCUT2D eigenvalue weighted by atomic mass is 16.8. The molecule has 11 nitrogen and oxygen atoms in total. The lowest BCUT2D eigenvalue weighted by atomic mass is 10.1. The van der Waals surface area contributed by atoms with Gasteiger partial charge in [0.25, 0.3) is 5.91 Å². The fraction of sp³-hybridized carbons (Fsp3) is 0.538. The molecule has 0 saturated carbocycles. The number of ether oxygens (including phenoxy) is 3. The minimum atomic E-state index is -1.04. The third-order valence-corrected chi connectivity index (χ3v) is 4.06. The van der Waals surface area contributed by atoms with Crippen LogP contribution in [0.1, 0.15) is 20.1 Å². The Morgan fingerprint density at radius 3 is 2.83 bits per heavy atom. The van der Waals surface area contributed by atoms with Crippen LogP contribution < -0.4 is 11.2 Å². The number of fused-ring (bicyclic) bond motifs is 2. The van der Waals surface area contributed by atoms with Gasteiger partial charge in [0.1, 0.15) is 24.1 Å². The number of hydroxylamine groups is 1. The number of nitrogen functional groups attached to an aromatic ring is 1. The number of anilines is 1. The average Bonchev–Trinajstić information content (AvgIpc) is 3.18. The number of aromatic nitrogens is 4. The molecule has 1 amide bonds. The molecule has 0 radical (unpaired) electrons. The van der Waals surface area contributed by atoms with Gasteiger partial charge in [0, 0.05) is 0 Å². The van der Waals surface area contributed by atoms with Crippen LogP contribution in [0.3, 0.4) is 0 Å². The van der Waals surface area contributed by atoms with Crippen LogP contribution >= 0.6 is 0 Å². The van der Waals surface area contributed by atoms with Crippen molar-refractivity contribution in [2.24, 2.45) is 0 Å². The van der Waals surface area contributed by atoms with E-state index in [1.54, 1.807) is 23.9 Å². The number of carbonyl (C=O) groups is 1. The zero-order valence-corrected chi connectivity index (χ0v) is 12.9. The summed E-state index contributed by atoms with van der Waals surface area (Å²) < 4.78 is 19.0. The Bertz CT molecular complexity index is 807. The number of hydrogen-bond acceptors (Lipinski definition) is 9. The summed E-state index contributed by atoms with van der Waals surface area (Å²) in [6, 6.07) is 0. The topological polar surface area (TPSA) is 147 Å². The Kier molecular flexibility index (Phi) is 3.22. The molecule has 0 unspecified atom stereocenters. The number of nitrogens with two attached hydrogens (primary N) is 1. The lowest BCUT2D eigenvalue weighted by molar-refractivity contribution is -0.199. The van der Waals surface area contributed by atoms with Crippen LogP contribution in [0, 0.1) is 0 Å². The van der Waals surface area contributed by atoms with Gasteiger partial charge < -0.3 is 19.9 Å². The number of carbonyl (C=O) groups excluding carboxylic acids is 1. The van der Waals surface area contributed by atoms with E-state index < -0.39 is 36.2 Å². The van der Waals surface area contributed by atoms with Crippen molar-refractivity contribution in [2.45, 2.75) is 44.2 Å². The summed E-state index contributed by atoms with van der Waals surface area (Å²) in [5, 5.41) is 8.94. The highest BCUT2D eigenvalue weighted by molar-refractivity contribution is 5.82. The summed E-state index contributed by atoms with van der Waals surface area (Å²) in [6.07, 6.45) is -0.229. The number of nitrogens with one attached hydrogen (secondary N) is 1. The Hall–Kier alpha value is -2.34. The van der Waals surface area contributed by atoms with E-state index >= 15 is 0 Å². The maximum absolute atomic E-state index is 11.9. The molecule has 2 saturated heterocycles. The second kappa shape index (κ2) is 5.08. The van der Waals surface area contributed by atoms with Crippen molar-refractivity contribution >= 4 is 22.9 Å². The van der Waals surface area contributed by atoms with Crippen molar-refractivity contribution in [3.8, 4) is 0 Å². The molecule has 128 valence electrons. The third-order valence-electron chi connectivity index (χ3n) is 4.06. The molecule has 2 fully saturated rings. The summed E-state index contributed by atoms with van der Waals surface area (Å²) in [6.45, 7) is 3.48. The fourth-order valence-corrected chi connectivity index (χ4v) is 3.13.